The molecule has 0 unspecified atom stereocenters. The molecule has 0 aliphatic heterocycles. The van der Waals surface area contributed by atoms with Crippen molar-refractivity contribution in [3.8, 4) is 17.0 Å². The van der Waals surface area contributed by atoms with Gasteiger partial charge in [-0.3, -0.25) is 4.98 Å². The Bertz CT molecular complexity index is 929. The second kappa shape index (κ2) is 7.15. The van der Waals surface area contributed by atoms with Gasteiger partial charge in [0.15, 0.2) is 0 Å². The summed E-state index contributed by atoms with van der Waals surface area (Å²) in [6.07, 6.45) is 6.41. The fraction of sp³-hybridized carbons (Fsp3) is 0.250. The van der Waals surface area contributed by atoms with Gasteiger partial charge in [-0.2, -0.15) is 4.39 Å². The topological polar surface area (TPSA) is 47.9 Å². The molecule has 0 bridgehead atoms. The highest BCUT2D eigenvalue weighted by atomic mass is 19.1. The second-order valence-corrected chi connectivity index (χ2v) is 6.24. The molecule has 1 aliphatic rings. The number of ether oxygens (including phenoxy) is 1. The number of pyridine rings is 3. The molecule has 0 N–H and O–H groups in total. The van der Waals surface area contributed by atoms with Crippen molar-refractivity contribution in [2.24, 2.45) is 0 Å². The monoisotopic (exact) mass is 353 g/mol. The Morgan fingerprint density at radius 3 is 2.69 bits per heavy atom. The summed E-state index contributed by atoms with van der Waals surface area (Å²) in [5.41, 5.74) is 3.84. The minimum Gasteiger partial charge on any atom is -0.471 e. The molecule has 0 fully saturated rings. The minimum absolute atomic E-state index is 0.168. The molecule has 26 heavy (non-hydrogen) atoms. The third-order valence-corrected chi connectivity index (χ3v) is 4.48. The van der Waals surface area contributed by atoms with Crippen LogP contribution in [-0.2, 0) is 19.4 Å². The summed E-state index contributed by atoms with van der Waals surface area (Å²) in [5.74, 6) is -0.484. The van der Waals surface area contributed by atoms with Crippen LogP contribution in [0, 0.1) is 11.8 Å². The van der Waals surface area contributed by atoms with Crippen molar-refractivity contribution in [3.63, 3.8) is 0 Å². The van der Waals surface area contributed by atoms with E-state index in [4.69, 9.17) is 4.74 Å². The third kappa shape index (κ3) is 3.40. The first-order chi connectivity index (χ1) is 12.7. The van der Waals surface area contributed by atoms with E-state index in [0.717, 1.165) is 48.7 Å². The predicted molar refractivity (Wildman–Crippen MR) is 92.6 cm³/mol. The zero-order valence-corrected chi connectivity index (χ0v) is 14.1. The number of aryl methyl sites for hydroxylation is 1. The number of hydrogen-bond acceptors (Lipinski definition) is 4. The van der Waals surface area contributed by atoms with Crippen LogP contribution in [0.15, 0.2) is 42.7 Å². The van der Waals surface area contributed by atoms with Gasteiger partial charge in [0.1, 0.15) is 12.4 Å². The van der Waals surface area contributed by atoms with Gasteiger partial charge in [0.2, 0.25) is 11.8 Å². The second-order valence-electron chi connectivity index (χ2n) is 6.24. The Labute approximate surface area is 149 Å². The van der Waals surface area contributed by atoms with Crippen LogP contribution in [0.3, 0.4) is 0 Å². The van der Waals surface area contributed by atoms with Gasteiger partial charge in [-0.25, -0.2) is 14.4 Å². The van der Waals surface area contributed by atoms with E-state index in [1.807, 2.05) is 0 Å². The summed E-state index contributed by atoms with van der Waals surface area (Å²) in [6, 6.07) is 8.10. The largest absolute Gasteiger partial charge is 0.471 e. The highest BCUT2D eigenvalue weighted by Gasteiger charge is 2.20. The number of fused-ring (bicyclic) bond motifs is 1. The van der Waals surface area contributed by atoms with Crippen molar-refractivity contribution in [1.29, 1.82) is 0 Å². The molecular weight excluding hydrogens is 336 g/mol. The first-order valence-electron chi connectivity index (χ1n) is 8.57. The van der Waals surface area contributed by atoms with E-state index in [0.29, 0.717) is 17.1 Å². The van der Waals surface area contributed by atoms with Crippen molar-refractivity contribution in [1.82, 2.24) is 15.0 Å². The number of rotatable bonds is 4. The molecule has 0 radical (unpaired) electrons. The van der Waals surface area contributed by atoms with E-state index in [1.165, 1.54) is 12.3 Å². The molecule has 0 amide bonds. The van der Waals surface area contributed by atoms with E-state index in [1.54, 1.807) is 24.3 Å². The maximum atomic E-state index is 14.2. The van der Waals surface area contributed by atoms with Gasteiger partial charge in [0.25, 0.3) is 0 Å². The molecule has 0 saturated heterocycles. The summed E-state index contributed by atoms with van der Waals surface area (Å²) in [4.78, 5) is 12.3. The van der Waals surface area contributed by atoms with Crippen molar-refractivity contribution in [2.75, 3.05) is 0 Å². The van der Waals surface area contributed by atoms with Crippen LogP contribution < -0.4 is 4.74 Å². The molecule has 1 aliphatic carbocycles. The molecule has 132 valence electrons. The molecule has 4 rings (SSSR count). The molecule has 0 spiro atoms. The normalized spacial score (nSPS) is 13.3. The van der Waals surface area contributed by atoms with Crippen LogP contribution in [0.2, 0.25) is 0 Å². The van der Waals surface area contributed by atoms with Crippen molar-refractivity contribution in [3.05, 3.63) is 71.4 Å². The van der Waals surface area contributed by atoms with Crippen molar-refractivity contribution < 1.29 is 13.5 Å². The van der Waals surface area contributed by atoms with E-state index in [-0.39, 0.29) is 6.61 Å². The Balaban J connectivity index is 1.68. The Hall–Kier alpha value is -2.89. The summed E-state index contributed by atoms with van der Waals surface area (Å²) in [6.45, 7) is 0.168. The fourth-order valence-electron chi connectivity index (χ4n) is 3.22. The van der Waals surface area contributed by atoms with Crippen LogP contribution in [0.25, 0.3) is 11.1 Å². The maximum Gasteiger partial charge on any atom is 0.220 e. The van der Waals surface area contributed by atoms with Gasteiger partial charge in [0.05, 0.1) is 11.9 Å². The number of halogens is 2. The molecule has 0 saturated carbocycles. The molecule has 3 aromatic rings. The first kappa shape index (κ1) is 16.6. The fourth-order valence-corrected chi connectivity index (χ4v) is 3.22. The lowest BCUT2D eigenvalue weighted by Gasteiger charge is -2.20. The van der Waals surface area contributed by atoms with Crippen LogP contribution in [0.1, 0.15) is 29.8 Å². The van der Waals surface area contributed by atoms with Crippen molar-refractivity contribution in [2.45, 2.75) is 32.3 Å². The lowest BCUT2D eigenvalue weighted by molar-refractivity contribution is 0.287. The lowest BCUT2D eigenvalue weighted by atomic mass is 9.89. The Morgan fingerprint density at radius 1 is 1.00 bits per heavy atom. The quantitative estimate of drug-likeness (QED) is 0.657. The average molecular weight is 353 g/mol. The van der Waals surface area contributed by atoms with Crippen LogP contribution in [-0.4, -0.2) is 15.0 Å². The maximum absolute atomic E-state index is 14.2. The summed E-state index contributed by atoms with van der Waals surface area (Å²) < 4.78 is 33.0. The van der Waals surface area contributed by atoms with Gasteiger partial charge in [-0.1, -0.05) is 0 Å². The van der Waals surface area contributed by atoms with Gasteiger partial charge >= 0.3 is 0 Å². The molecular formula is C20H17F2N3O. The highest BCUT2D eigenvalue weighted by molar-refractivity contribution is 5.69. The molecule has 0 atom stereocenters. The summed E-state index contributed by atoms with van der Waals surface area (Å²) >= 11 is 0. The number of nitrogens with zero attached hydrogens (tertiary/aromatic N) is 3. The molecule has 4 nitrogen and oxygen atoms in total. The highest BCUT2D eigenvalue weighted by Crippen LogP contribution is 2.34. The van der Waals surface area contributed by atoms with Gasteiger partial charge in [0, 0.05) is 23.5 Å². The van der Waals surface area contributed by atoms with Gasteiger partial charge < -0.3 is 4.74 Å². The Kier molecular flexibility index (Phi) is 4.56. The van der Waals surface area contributed by atoms with Gasteiger partial charge in [-0.05, 0) is 61.1 Å². The standard InChI is InChI=1S/C20H17F2N3O/c21-13-7-8-14(24-11-13)12-26-19-10-17(16-5-3-9-23-20(16)22)15-4-1-2-6-18(15)25-19/h3,5,7-11H,1-2,4,6,12H2. The van der Waals surface area contributed by atoms with Crippen LogP contribution in [0.5, 0.6) is 5.88 Å². The number of hydrogen-bond donors (Lipinski definition) is 0. The Morgan fingerprint density at radius 2 is 1.88 bits per heavy atom. The lowest BCUT2D eigenvalue weighted by Crippen LogP contribution is -2.10. The number of aromatic nitrogens is 3. The molecule has 0 aromatic carbocycles. The minimum atomic E-state index is -0.502. The van der Waals surface area contributed by atoms with Gasteiger partial charge in [-0.15, -0.1) is 0 Å². The van der Waals surface area contributed by atoms with E-state index in [9.17, 15) is 8.78 Å². The average Bonchev–Trinajstić information content (AvgIpc) is 2.67. The summed E-state index contributed by atoms with van der Waals surface area (Å²) in [5, 5.41) is 0. The third-order valence-electron chi connectivity index (χ3n) is 4.48. The smallest absolute Gasteiger partial charge is 0.220 e. The molecule has 3 heterocycles. The van der Waals surface area contributed by atoms with Crippen molar-refractivity contribution >= 4 is 0 Å². The SMILES string of the molecule is Fc1ccc(COc2cc(-c3cccnc3F)c3c(n2)CCCC3)nc1. The zero-order valence-electron chi connectivity index (χ0n) is 14.1. The molecule has 3 aromatic heterocycles. The zero-order chi connectivity index (χ0) is 17.9. The van der Waals surface area contributed by atoms with E-state index >= 15 is 0 Å². The molecule has 6 heteroatoms. The first-order valence-corrected chi connectivity index (χ1v) is 8.57. The van der Waals surface area contributed by atoms with Crippen LogP contribution in [0.4, 0.5) is 8.78 Å². The van der Waals surface area contributed by atoms with Crippen LogP contribution >= 0.6 is 0 Å². The van der Waals surface area contributed by atoms with E-state index in [2.05, 4.69) is 15.0 Å². The summed E-state index contributed by atoms with van der Waals surface area (Å²) in [7, 11) is 0. The predicted octanol–water partition coefficient (Wildman–Crippen LogP) is 4.27. The van der Waals surface area contributed by atoms with E-state index < -0.39 is 11.8 Å².